The molecule has 1 fully saturated rings. The Balaban J connectivity index is 2.45. The summed E-state index contributed by atoms with van der Waals surface area (Å²) >= 11 is 0. The molecule has 0 saturated heterocycles. The zero-order valence-electron chi connectivity index (χ0n) is 7.75. The fourth-order valence-electron chi connectivity index (χ4n) is 1.78. The van der Waals surface area contributed by atoms with E-state index in [0.29, 0.717) is 12.1 Å². The van der Waals surface area contributed by atoms with Gasteiger partial charge in [-0.2, -0.15) is 0 Å². The molecule has 0 heterocycles. The van der Waals surface area contributed by atoms with Crippen LogP contribution in [0.3, 0.4) is 0 Å². The lowest BCUT2D eigenvalue weighted by Gasteiger charge is -2.30. The molecule has 1 aliphatic rings. The van der Waals surface area contributed by atoms with E-state index in [1.807, 2.05) is 0 Å². The van der Waals surface area contributed by atoms with Gasteiger partial charge in [0.05, 0.1) is 6.10 Å². The number of nitrogens with zero attached hydrogens (tertiary/aromatic N) is 1. The van der Waals surface area contributed by atoms with Gasteiger partial charge in [-0.3, -0.25) is 4.90 Å². The fourth-order valence-corrected chi connectivity index (χ4v) is 1.78. The lowest BCUT2D eigenvalue weighted by Crippen LogP contribution is -2.41. The second-order valence-corrected chi connectivity index (χ2v) is 3.82. The molecule has 2 heteroatoms. The Bertz CT molecular complexity index is 125. The molecule has 0 bridgehead atoms. The van der Waals surface area contributed by atoms with Crippen LogP contribution < -0.4 is 0 Å². The molecule has 0 aliphatic heterocycles. The maximum absolute atomic E-state index is 9.57. The normalized spacial score (nSPS) is 32.2. The van der Waals surface area contributed by atoms with Crippen LogP contribution in [0.5, 0.6) is 0 Å². The van der Waals surface area contributed by atoms with Crippen molar-refractivity contribution in [3.8, 4) is 0 Å². The van der Waals surface area contributed by atoms with Crippen molar-refractivity contribution >= 4 is 0 Å². The molecule has 0 spiro atoms. The summed E-state index contributed by atoms with van der Waals surface area (Å²) in [5.74, 6) is 0. The Labute approximate surface area is 69.2 Å². The van der Waals surface area contributed by atoms with Crippen molar-refractivity contribution in [1.82, 2.24) is 4.90 Å². The summed E-state index contributed by atoms with van der Waals surface area (Å²) < 4.78 is 0. The molecule has 66 valence electrons. The number of rotatable bonds is 2. The molecule has 0 unspecified atom stereocenters. The van der Waals surface area contributed by atoms with Crippen LogP contribution in [-0.4, -0.2) is 35.2 Å². The summed E-state index contributed by atoms with van der Waals surface area (Å²) in [5.41, 5.74) is 0. The molecule has 2 nitrogen and oxygen atoms in total. The molecule has 0 aromatic heterocycles. The summed E-state index contributed by atoms with van der Waals surface area (Å²) in [7, 11) is 2.10. The third kappa shape index (κ3) is 1.94. The van der Waals surface area contributed by atoms with Crippen molar-refractivity contribution in [3.63, 3.8) is 0 Å². The molecule has 1 N–H and O–H groups in total. The van der Waals surface area contributed by atoms with Gasteiger partial charge in [0, 0.05) is 12.1 Å². The van der Waals surface area contributed by atoms with E-state index in [1.54, 1.807) is 0 Å². The van der Waals surface area contributed by atoms with Gasteiger partial charge in [0.25, 0.3) is 0 Å². The van der Waals surface area contributed by atoms with Crippen LogP contribution >= 0.6 is 0 Å². The number of hydrogen-bond donors (Lipinski definition) is 1. The minimum Gasteiger partial charge on any atom is -0.391 e. The Hall–Kier alpha value is -0.0800. The molecule has 0 aromatic rings. The van der Waals surface area contributed by atoms with Gasteiger partial charge in [-0.1, -0.05) is 0 Å². The second-order valence-electron chi connectivity index (χ2n) is 3.82. The lowest BCUT2D eigenvalue weighted by molar-refractivity contribution is 0.0700. The van der Waals surface area contributed by atoms with Gasteiger partial charge in [-0.15, -0.1) is 0 Å². The van der Waals surface area contributed by atoms with Gasteiger partial charge >= 0.3 is 0 Å². The highest BCUT2D eigenvalue weighted by Crippen LogP contribution is 2.24. The third-order valence-electron chi connectivity index (χ3n) is 2.78. The van der Waals surface area contributed by atoms with Crippen molar-refractivity contribution < 1.29 is 5.11 Å². The van der Waals surface area contributed by atoms with Gasteiger partial charge in [0.15, 0.2) is 0 Å². The van der Waals surface area contributed by atoms with Gasteiger partial charge in [0.2, 0.25) is 0 Å². The van der Waals surface area contributed by atoms with Crippen LogP contribution in [-0.2, 0) is 0 Å². The SMILES string of the molecule is CC(C)N(C)[C@@H]1CCC[C@@H]1O. The molecule has 0 radical (unpaired) electrons. The Morgan fingerprint density at radius 3 is 2.36 bits per heavy atom. The first-order chi connectivity index (χ1) is 5.13. The van der Waals surface area contributed by atoms with Crippen LogP contribution in [0.2, 0.25) is 0 Å². The summed E-state index contributed by atoms with van der Waals surface area (Å²) in [6.45, 7) is 4.34. The third-order valence-corrected chi connectivity index (χ3v) is 2.78. The highest BCUT2D eigenvalue weighted by atomic mass is 16.3. The minimum atomic E-state index is -0.0811. The van der Waals surface area contributed by atoms with Crippen LogP contribution in [0.25, 0.3) is 0 Å². The van der Waals surface area contributed by atoms with E-state index in [-0.39, 0.29) is 6.10 Å². The standard InChI is InChI=1S/C9H19NO/c1-7(2)10(3)8-5-4-6-9(8)11/h7-9,11H,4-6H2,1-3H3/t8-,9+/m1/s1. The molecular weight excluding hydrogens is 138 g/mol. The van der Waals surface area contributed by atoms with Crippen LogP contribution in [0.15, 0.2) is 0 Å². The predicted octanol–water partition coefficient (Wildman–Crippen LogP) is 1.24. The molecule has 1 rings (SSSR count). The zero-order chi connectivity index (χ0) is 8.43. The number of likely N-dealkylation sites (N-methyl/N-ethyl adjacent to an activating group) is 1. The van der Waals surface area contributed by atoms with Crippen molar-refractivity contribution in [2.24, 2.45) is 0 Å². The molecule has 1 saturated carbocycles. The number of aliphatic hydroxyl groups is 1. The maximum atomic E-state index is 9.57. The first-order valence-electron chi connectivity index (χ1n) is 4.53. The highest BCUT2D eigenvalue weighted by molar-refractivity contribution is 4.84. The number of hydrogen-bond acceptors (Lipinski definition) is 2. The average molecular weight is 157 g/mol. The molecule has 0 amide bonds. The average Bonchev–Trinajstić information content (AvgIpc) is 2.33. The van der Waals surface area contributed by atoms with E-state index in [4.69, 9.17) is 0 Å². The van der Waals surface area contributed by atoms with E-state index in [9.17, 15) is 5.11 Å². The van der Waals surface area contributed by atoms with Crippen LogP contribution in [0, 0.1) is 0 Å². The Morgan fingerprint density at radius 2 is 2.00 bits per heavy atom. The van der Waals surface area contributed by atoms with Gasteiger partial charge in [0.1, 0.15) is 0 Å². The van der Waals surface area contributed by atoms with Crippen LogP contribution in [0.4, 0.5) is 0 Å². The summed E-state index contributed by atoms with van der Waals surface area (Å²) in [5, 5.41) is 9.57. The van der Waals surface area contributed by atoms with Crippen molar-refractivity contribution in [2.45, 2.75) is 51.3 Å². The molecule has 2 atom stereocenters. The smallest absolute Gasteiger partial charge is 0.0695 e. The van der Waals surface area contributed by atoms with Crippen LogP contribution in [0.1, 0.15) is 33.1 Å². The topological polar surface area (TPSA) is 23.5 Å². The van der Waals surface area contributed by atoms with Gasteiger partial charge < -0.3 is 5.11 Å². The first kappa shape index (κ1) is 9.01. The van der Waals surface area contributed by atoms with E-state index in [1.165, 1.54) is 6.42 Å². The first-order valence-corrected chi connectivity index (χ1v) is 4.53. The van der Waals surface area contributed by atoms with E-state index >= 15 is 0 Å². The van der Waals surface area contributed by atoms with Gasteiger partial charge in [-0.25, -0.2) is 0 Å². The zero-order valence-corrected chi connectivity index (χ0v) is 7.75. The van der Waals surface area contributed by atoms with Gasteiger partial charge in [-0.05, 0) is 40.2 Å². The Kier molecular flexibility index (Phi) is 2.90. The maximum Gasteiger partial charge on any atom is 0.0695 e. The molecule has 1 aliphatic carbocycles. The molecular formula is C9H19NO. The highest BCUT2D eigenvalue weighted by Gasteiger charge is 2.29. The second kappa shape index (κ2) is 3.55. The number of aliphatic hydroxyl groups excluding tert-OH is 1. The van der Waals surface area contributed by atoms with Crippen molar-refractivity contribution in [3.05, 3.63) is 0 Å². The summed E-state index contributed by atoms with van der Waals surface area (Å²) in [6.07, 6.45) is 3.25. The van der Waals surface area contributed by atoms with E-state index in [0.717, 1.165) is 12.8 Å². The van der Waals surface area contributed by atoms with Crippen molar-refractivity contribution in [1.29, 1.82) is 0 Å². The predicted molar refractivity (Wildman–Crippen MR) is 46.5 cm³/mol. The summed E-state index contributed by atoms with van der Waals surface area (Å²) in [6, 6.07) is 0.961. The minimum absolute atomic E-state index is 0.0811. The largest absolute Gasteiger partial charge is 0.391 e. The van der Waals surface area contributed by atoms with Crippen molar-refractivity contribution in [2.75, 3.05) is 7.05 Å². The van der Waals surface area contributed by atoms with E-state index in [2.05, 4.69) is 25.8 Å². The lowest BCUT2D eigenvalue weighted by atomic mass is 10.1. The molecule has 11 heavy (non-hydrogen) atoms. The monoisotopic (exact) mass is 157 g/mol. The molecule has 0 aromatic carbocycles. The fraction of sp³-hybridized carbons (Fsp3) is 1.00. The Morgan fingerprint density at radius 1 is 1.36 bits per heavy atom. The summed E-state index contributed by atoms with van der Waals surface area (Å²) in [4.78, 5) is 2.28. The quantitative estimate of drug-likeness (QED) is 0.652. The van der Waals surface area contributed by atoms with E-state index < -0.39 is 0 Å².